The fourth-order valence-corrected chi connectivity index (χ4v) is 2.52. The number of Topliss-reactive ketones (excluding diaryl/α,β-unsaturated/α-hetero) is 1. The largest absolute Gasteiger partial charge is 0.383 e. The van der Waals surface area contributed by atoms with Crippen molar-refractivity contribution in [3.63, 3.8) is 0 Å². The summed E-state index contributed by atoms with van der Waals surface area (Å²) in [6.45, 7) is 0.317. The Labute approximate surface area is 158 Å². The highest BCUT2D eigenvalue weighted by Gasteiger charge is 2.31. The van der Waals surface area contributed by atoms with E-state index in [4.69, 9.17) is 16.3 Å². The fourth-order valence-electron chi connectivity index (χ4n) is 2.35. The van der Waals surface area contributed by atoms with Crippen molar-refractivity contribution in [2.75, 3.05) is 20.3 Å². The summed E-state index contributed by atoms with van der Waals surface area (Å²) in [6.07, 6.45) is 1.17. The number of hydrogen-bond acceptors (Lipinski definition) is 6. The maximum Gasteiger partial charge on any atom is 0.270 e. The Morgan fingerprint density at radius 1 is 1.33 bits per heavy atom. The summed E-state index contributed by atoms with van der Waals surface area (Å²) >= 11 is 5.90. The van der Waals surface area contributed by atoms with Gasteiger partial charge < -0.3 is 10.1 Å². The molecule has 1 heterocycles. The number of nitrogens with zero attached hydrogens (tertiary/aromatic N) is 2. The number of methoxy groups -OCH3 is 1. The molecule has 1 amide bonds. The lowest BCUT2D eigenvalue weighted by Crippen LogP contribution is -2.42. The molecule has 0 bridgehead atoms. The topological polar surface area (TPSA) is 121 Å². The van der Waals surface area contributed by atoms with Crippen LogP contribution in [0.4, 0.5) is 5.69 Å². The zero-order chi connectivity index (χ0) is 20.0. The Morgan fingerprint density at radius 3 is 2.74 bits per heavy atom. The number of nitro benzene ring substituents is 1. The summed E-state index contributed by atoms with van der Waals surface area (Å²) in [7, 11) is 1.44. The van der Waals surface area contributed by atoms with E-state index in [2.05, 4.69) is 5.32 Å². The van der Waals surface area contributed by atoms with E-state index in [9.17, 15) is 24.5 Å². The number of halogens is 1. The van der Waals surface area contributed by atoms with Crippen molar-refractivity contribution in [1.29, 1.82) is 0 Å². The van der Waals surface area contributed by atoms with Crippen molar-refractivity contribution in [3.8, 4) is 0 Å². The summed E-state index contributed by atoms with van der Waals surface area (Å²) in [5.41, 5.74) is -1.01. The van der Waals surface area contributed by atoms with Gasteiger partial charge in [0, 0.05) is 43.6 Å². The number of aromatic nitrogens is 1. The van der Waals surface area contributed by atoms with Crippen LogP contribution < -0.4 is 10.9 Å². The maximum absolute atomic E-state index is 12.9. The van der Waals surface area contributed by atoms with Gasteiger partial charge in [-0.25, -0.2) is 0 Å². The van der Waals surface area contributed by atoms with Crippen molar-refractivity contribution in [2.45, 2.75) is 6.04 Å². The van der Waals surface area contributed by atoms with Gasteiger partial charge in [-0.3, -0.25) is 29.1 Å². The highest BCUT2D eigenvalue weighted by molar-refractivity contribution is 6.30. The van der Waals surface area contributed by atoms with E-state index in [1.54, 1.807) is 0 Å². The quantitative estimate of drug-likeness (QED) is 0.239. The summed E-state index contributed by atoms with van der Waals surface area (Å²) in [6, 6.07) is 5.81. The minimum absolute atomic E-state index is 0.0806. The van der Waals surface area contributed by atoms with Crippen LogP contribution in [0.5, 0.6) is 0 Å². The standard InChI is InChI=1S/C17H16ClN3O6/c1-27-8-7-19-17(24)15(20-10-12(18)5-6-14(20)22)16(23)11-3-2-4-13(9-11)21(25)26/h2-6,9-10,15H,7-8H2,1H3,(H,19,24)/t15-/m1/s1. The normalized spacial score (nSPS) is 11.6. The van der Waals surface area contributed by atoms with Crippen LogP contribution in [0.3, 0.4) is 0 Å². The molecule has 27 heavy (non-hydrogen) atoms. The zero-order valence-electron chi connectivity index (χ0n) is 14.3. The second-order valence-corrected chi connectivity index (χ2v) is 5.89. The Balaban J connectivity index is 2.48. The van der Waals surface area contributed by atoms with Gasteiger partial charge in [-0.1, -0.05) is 23.7 Å². The number of benzene rings is 1. The molecule has 0 aliphatic carbocycles. The molecule has 0 aliphatic heterocycles. The van der Waals surface area contributed by atoms with E-state index in [1.165, 1.54) is 37.6 Å². The number of ketones is 1. The fraction of sp³-hybridized carbons (Fsp3) is 0.235. The average molecular weight is 394 g/mol. The van der Waals surface area contributed by atoms with Gasteiger partial charge in [0.15, 0.2) is 11.8 Å². The van der Waals surface area contributed by atoms with Crippen molar-refractivity contribution < 1.29 is 19.2 Å². The van der Waals surface area contributed by atoms with Gasteiger partial charge in [-0.2, -0.15) is 0 Å². The molecule has 2 rings (SSSR count). The molecule has 9 nitrogen and oxygen atoms in total. The molecule has 1 atom stereocenters. The average Bonchev–Trinajstić information content (AvgIpc) is 2.65. The third-order valence-electron chi connectivity index (χ3n) is 3.62. The summed E-state index contributed by atoms with van der Waals surface area (Å²) in [5.74, 6) is -1.54. The molecule has 0 saturated carbocycles. The first-order chi connectivity index (χ1) is 12.8. The van der Waals surface area contributed by atoms with Crippen LogP contribution in [0.15, 0.2) is 47.4 Å². The van der Waals surface area contributed by atoms with Crippen molar-refractivity contribution >= 4 is 29.0 Å². The number of nitrogens with one attached hydrogen (secondary N) is 1. The molecule has 1 N–H and O–H groups in total. The third kappa shape index (κ3) is 4.99. The molecule has 0 fully saturated rings. The van der Waals surface area contributed by atoms with Crippen LogP contribution in [0.2, 0.25) is 5.02 Å². The number of hydrogen-bond donors (Lipinski definition) is 1. The van der Waals surface area contributed by atoms with Crippen LogP contribution in [-0.2, 0) is 9.53 Å². The number of rotatable bonds is 8. The Hall–Kier alpha value is -3.04. The van der Waals surface area contributed by atoms with Gasteiger partial charge in [-0.05, 0) is 6.07 Å². The molecule has 0 aliphatic rings. The first-order valence-electron chi connectivity index (χ1n) is 7.78. The van der Waals surface area contributed by atoms with E-state index in [0.29, 0.717) is 0 Å². The smallest absolute Gasteiger partial charge is 0.270 e. The lowest BCUT2D eigenvalue weighted by molar-refractivity contribution is -0.384. The van der Waals surface area contributed by atoms with Crippen LogP contribution in [0.25, 0.3) is 0 Å². The predicted molar refractivity (Wildman–Crippen MR) is 97.1 cm³/mol. The van der Waals surface area contributed by atoms with Crippen LogP contribution in [-0.4, -0.2) is 41.4 Å². The summed E-state index contributed by atoms with van der Waals surface area (Å²) in [4.78, 5) is 48.0. The lowest BCUT2D eigenvalue weighted by Gasteiger charge is -2.18. The number of pyridine rings is 1. The van der Waals surface area contributed by atoms with Crippen LogP contribution >= 0.6 is 11.6 Å². The number of carbonyl (C=O) groups excluding carboxylic acids is 2. The van der Waals surface area contributed by atoms with Crippen molar-refractivity contribution in [1.82, 2.24) is 9.88 Å². The number of nitro groups is 1. The molecular formula is C17H16ClN3O6. The first kappa shape index (κ1) is 20.3. The minimum Gasteiger partial charge on any atom is -0.383 e. The Bertz CT molecular complexity index is 927. The maximum atomic E-state index is 12.9. The van der Waals surface area contributed by atoms with E-state index < -0.39 is 28.2 Å². The van der Waals surface area contributed by atoms with Gasteiger partial charge in [0.05, 0.1) is 16.6 Å². The molecule has 0 saturated heterocycles. The Morgan fingerprint density at radius 2 is 2.07 bits per heavy atom. The summed E-state index contributed by atoms with van der Waals surface area (Å²) in [5, 5.41) is 13.6. The molecule has 0 spiro atoms. The van der Waals surface area contributed by atoms with Crippen molar-refractivity contribution in [2.24, 2.45) is 0 Å². The second-order valence-electron chi connectivity index (χ2n) is 5.45. The highest BCUT2D eigenvalue weighted by atomic mass is 35.5. The van der Waals surface area contributed by atoms with Crippen LogP contribution in [0.1, 0.15) is 16.4 Å². The highest BCUT2D eigenvalue weighted by Crippen LogP contribution is 2.20. The predicted octanol–water partition coefficient (Wildman–Crippen LogP) is 1.60. The number of amides is 1. The second kappa shape index (κ2) is 9.06. The molecule has 142 valence electrons. The van der Waals surface area contributed by atoms with Crippen molar-refractivity contribution in [3.05, 3.63) is 73.6 Å². The molecular weight excluding hydrogens is 378 g/mol. The van der Waals surface area contributed by atoms with Gasteiger partial charge in [0.2, 0.25) is 0 Å². The van der Waals surface area contributed by atoms with E-state index >= 15 is 0 Å². The minimum atomic E-state index is -1.57. The molecule has 1 aromatic carbocycles. The monoisotopic (exact) mass is 393 g/mol. The van der Waals surface area contributed by atoms with Gasteiger partial charge in [0.1, 0.15) is 0 Å². The van der Waals surface area contributed by atoms with Gasteiger partial charge in [0.25, 0.3) is 17.2 Å². The van der Waals surface area contributed by atoms with E-state index in [1.807, 2.05) is 0 Å². The molecule has 10 heteroatoms. The zero-order valence-corrected chi connectivity index (χ0v) is 15.0. The molecule has 1 aromatic heterocycles. The molecule has 0 unspecified atom stereocenters. The van der Waals surface area contributed by atoms with E-state index in [0.717, 1.165) is 16.7 Å². The third-order valence-corrected chi connectivity index (χ3v) is 3.85. The summed E-state index contributed by atoms with van der Waals surface area (Å²) < 4.78 is 5.74. The number of carbonyl (C=O) groups is 2. The number of ether oxygens (including phenoxy) is 1. The lowest BCUT2D eigenvalue weighted by atomic mass is 10.0. The van der Waals surface area contributed by atoms with E-state index in [-0.39, 0.29) is 29.4 Å². The first-order valence-corrected chi connectivity index (χ1v) is 8.16. The molecule has 2 aromatic rings. The number of non-ortho nitro benzene ring substituents is 1. The molecule has 0 radical (unpaired) electrons. The van der Waals surface area contributed by atoms with Crippen LogP contribution in [0, 0.1) is 10.1 Å². The Kier molecular flexibility index (Phi) is 6.80. The van der Waals surface area contributed by atoms with Gasteiger partial charge >= 0.3 is 0 Å². The van der Waals surface area contributed by atoms with Gasteiger partial charge in [-0.15, -0.1) is 0 Å². The SMILES string of the molecule is COCCNC(=O)[C@@H](C(=O)c1cccc([N+](=O)[O-])c1)n1cc(Cl)ccc1=O.